The van der Waals surface area contributed by atoms with Crippen molar-refractivity contribution < 1.29 is 9.90 Å². The molecule has 0 saturated carbocycles. The van der Waals surface area contributed by atoms with Crippen molar-refractivity contribution in [3.8, 4) is 0 Å². The zero-order valence-electron chi connectivity index (χ0n) is 11.5. The number of rotatable bonds is 7. The Morgan fingerprint density at radius 1 is 1.42 bits per heavy atom. The zero-order chi connectivity index (χ0) is 14.4. The molecule has 6 heteroatoms. The van der Waals surface area contributed by atoms with Crippen LogP contribution in [-0.2, 0) is 0 Å². The van der Waals surface area contributed by atoms with Crippen LogP contribution in [0.1, 0.15) is 37.2 Å². The van der Waals surface area contributed by atoms with Gasteiger partial charge in [-0.25, -0.2) is 4.98 Å². The number of aliphatic hydroxyl groups is 1. The summed E-state index contributed by atoms with van der Waals surface area (Å²) in [6.45, 7) is 4.55. The minimum absolute atomic E-state index is 0.00157. The minimum atomic E-state index is -0.588. The lowest BCUT2D eigenvalue weighted by Crippen LogP contribution is -2.38. The fourth-order valence-corrected chi connectivity index (χ4v) is 2.13. The van der Waals surface area contributed by atoms with Gasteiger partial charge in [0.25, 0.3) is 5.91 Å². The second-order valence-corrected chi connectivity index (χ2v) is 4.36. The van der Waals surface area contributed by atoms with Crippen LogP contribution < -0.4 is 16.4 Å². The normalized spacial score (nSPS) is 10.7. The number of hydrogen-bond donors (Lipinski definition) is 3. The van der Waals surface area contributed by atoms with Crippen LogP contribution in [0.25, 0.3) is 0 Å². The summed E-state index contributed by atoms with van der Waals surface area (Å²) in [4.78, 5) is 17.4. The Morgan fingerprint density at radius 3 is 2.53 bits per heavy atom. The molecule has 1 rings (SSSR count). The van der Waals surface area contributed by atoms with E-state index in [1.807, 2.05) is 4.90 Å². The Labute approximate surface area is 113 Å². The molecule has 0 aliphatic carbocycles. The van der Waals surface area contributed by atoms with E-state index in [9.17, 15) is 9.90 Å². The molecule has 0 aromatic carbocycles. The lowest BCUT2D eigenvalue weighted by Gasteiger charge is -2.32. The van der Waals surface area contributed by atoms with Crippen LogP contribution in [0.15, 0.2) is 12.1 Å². The van der Waals surface area contributed by atoms with Crippen LogP contribution in [0.4, 0.5) is 11.5 Å². The highest BCUT2D eigenvalue weighted by Gasteiger charge is 2.20. The molecule has 106 valence electrons. The monoisotopic (exact) mass is 266 g/mol. The van der Waals surface area contributed by atoms with E-state index < -0.39 is 5.91 Å². The van der Waals surface area contributed by atoms with E-state index in [0.717, 1.165) is 12.8 Å². The predicted octanol–water partition coefficient (Wildman–Crippen LogP) is 0.750. The number of nitrogens with zero attached hydrogens (tertiary/aromatic N) is 2. The van der Waals surface area contributed by atoms with E-state index in [-0.39, 0.29) is 18.3 Å². The van der Waals surface area contributed by atoms with Crippen molar-refractivity contribution in [2.75, 3.05) is 23.8 Å². The molecule has 1 heterocycles. The van der Waals surface area contributed by atoms with Gasteiger partial charge in [-0.3, -0.25) is 4.79 Å². The zero-order valence-corrected chi connectivity index (χ0v) is 11.5. The molecule has 0 aliphatic heterocycles. The van der Waals surface area contributed by atoms with Gasteiger partial charge in [0.2, 0.25) is 0 Å². The summed E-state index contributed by atoms with van der Waals surface area (Å²) in [7, 11) is 0. The van der Waals surface area contributed by atoms with Crippen molar-refractivity contribution in [2.24, 2.45) is 5.73 Å². The van der Waals surface area contributed by atoms with Crippen molar-refractivity contribution in [2.45, 2.75) is 32.7 Å². The molecule has 1 amide bonds. The average Bonchev–Trinajstić information content (AvgIpc) is 2.39. The third-order valence-corrected chi connectivity index (χ3v) is 3.15. The number of anilines is 2. The maximum Gasteiger partial charge on any atom is 0.267 e. The maximum atomic E-state index is 11.2. The fourth-order valence-electron chi connectivity index (χ4n) is 2.13. The van der Waals surface area contributed by atoms with Gasteiger partial charge >= 0.3 is 0 Å². The number of amides is 1. The molecule has 5 N–H and O–H groups in total. The van der Waals surface area contributed by atoms with E-state index in [4.69, 9.17) is 11.5 Å². The standard InChI is InChI=1S/C13H22N4O2/c1-3-9(4-2)17(7-8-18)13-10(14)5-6-11(16-13)12(15)19/h5-6,9,18H,3-4,7-8,14H2,1-2H3,(H2,15,19). The lowest BCUT2D eigenvalue weighted by atomic mass is 10.1. The van der Waals surface area contributed by atoms with Gasteiger partial charge in [0.05, 0.1) is 12.3 Å². The van der Waals surface area contributed by atoms with Gasteiger partial charge in [0.1, 0.15) is 5.69 Å². The first-order valence-electron chi connectivity index (χ1n) is 6.48. The van der Waals surface area contributed by atoms with Crippen molar-refractivity contribution in [1.29, 1.82) is 0 Å². The van der Waals surface area contributed by atoms with E-state index >= 15 is 0 Å². The highest BCUT2D eigenvalue weighted by Crippen LogP contribution is 2.24. The van der Waals surface area contributed by atoms with E-state index in [1.54, 1.807) is 6.07 Å². The molecule has 0 spiro atoms. The summed E-state index contributed by atoms with van der Waals surface area (Å²) in [5, 5.41) is 9.21. The van der Waals surface area contributed by atoms with Gasteiger partial charge in [0, 0.05) is 12.6 Å². The molecule has 6 nitrogen and oxygen atoms in total. The third-order valence-electron chi connectivity index (χ3n) is 3.15. The predicted molar refractivity (Wildman–Crippen MR) is 76.0 cm³/mol. The highest BCUT2D eigenvalue weighted by molar-refractivity contribution is 5.91. The molecule has 0 fully saturated rings. The van der Waals surface area contributed by atoms with Crippen LogP contribution in [-0.4, -0.2) is 35.2 Å². The molecule has 0 aliphatic rings. The average molecular weight is 266 g/mol. The Balaban J connectivity index is 3.20. The quantitative estimate of drug-likeness (QED) is 0.675. The molecule has 0 bridgehead atoms. The summed E-state index contributed by atoms with van der Waals surface area (Å²) in [6, 6.07) is 3.34. The Bertz CT molecular complexity index is 433. The van der Waals surface area contributed by atoms with E-state index in [1.165, 1.54) is 6.07 Å². The fraction of sp³-hybridized carbons (Fsp3) is 0.538. The van der Waals surface area contributed by atoms with Gasteiger partial charge in [-0.1, -0.05) is 13.8 Å². The molecular weight excluding hydrogens is 244 g/mol. The summed E-state index contributed by atoms with van der Waals surface area (Å²) >= 11 is 0. The minimum Gasteiger partial charge on any atom is -0.396 e. The number of nitrogens with two attached hydrogens (primary N) is 2. The molecule has 0 radical (unpaired) electrons. The Hall–Kier alpha value is -1.82. The van der Waals surface area contributed by atoms with Crippen LogP contribution in [0.3, 0.4) is 0 Å². The molecule has 1 aromatic rings. The summed E-state index contributed by atoms with van der Waals surface area (Å²) in [6.07, 6.45) is 1.80. The molecule has 19 heavy (non-hydrogen) atoms. The number of carbonyl (C=O) groups excluding carboxylic acids is 1. The van der Waals surface area contributed by atoms with Crippen molar-refractivity contribution in [1.82, 2.24) is 4.98 Å². The molecular formula is C13H22N4O2. The van der Waals surface area contributed by atoms with Gasteiger partial charge < -0.3 is 21.5 Å². The number of aromatic nitrogens is 1. The number of nitrogen functional groups attached to an aromatic ring is 1. The number of pyridine rings is 1. The van der Waals surface area contributed by atoms with Crippen molar-refractivity contribution in [3.63, 3.8) is 0 Å². The third kappa shape index (κ3) is 3.57. The largest absolute Gasteiger partial charge is 0.396 e. The van der Waals surface area contributed by atoms with E-state index in [2.05, 4.69) is 18.8 Å². The summed E-state index contributed by atoms with van der Waals surface area (Å²) < 4.78 is 0. The van der Waals surface area contributed by atoms with Gasteiger partial charge in [-0.2, -0.15) is 0 Å². The highest BCUT2D eigenvalue weighted by atomic mass is 16.3. The number of hydrogen-bond acceptors (Lipinski definition) is 5. The molecule has 1 aromatic heterocycles. The second-order valence-electron chi connectivity index (χ2n) is 4.36. The first-order chi connectivity index (χ1) is 9.04. The van der Waals surface area contributed by atoms with Crippen LogP contribution in [0.5, 0.6) is 0 Å². The molecule has 0 unspecified atom stereocenters. The number of carbonyl (C=O) groups is 1. The van der Waals surface area contributed by atoms with Crippen molar-refractivity contribution >= 4 is 17.4 Å². The second kappa shape index (κ2) is 6.94. The van der Waals surface area contributed by atoms with Crippen LogP contribution >= 0.6 is 0 Å². The molecule has 0 atom stereocenters. The van der Waals surface area contributed by atoms with Crippen LogP contribution in [0.2, 0.25) is 0 Å². The van der Waals surface area contributed by atoms with Crippen molar-refractivity contribution in [3.05, 3.63) is 17.8 Å². The first-order valence-corrected chi connectivity index (χ1v) is 6.48. The maximum absolute atomic E-state index is 11.2. The van der Waals surface area contributed by atoms with Gasteiger partial charge in [-0.15, -0.1) is 0 Å². The number of aliphatic hydroxyl groups excluding tert-OH is 1. The molecule has 0 saturated heterocycles. The van der Waals surface area contributed by atoms with Gasteiger partial charge in [-0.05, 0) is 25.0 Å². The Kier molecular flexibility index (Phi) is 5.57. The number of primary amides is 1. The lowest BCUT2D eigenvalue weighted by molar-refractivity contribution is 0.0995. The smallest absolute Gasteiger partial charge is 0.267 e. The summed E-state index contributed by atoms with van der Waals surface area (Å²) in [5.74, 6) is -0.0752. The SMILES string of the molecule is CCC(CC)N(CCO)c1nc(C(N)=O)ccc1N. The summed E-state index contributed by atoms with van der Waals surface area (Å²) in [5.41, 5.74) is 11.8. The van der Waals surface area contributed by atoms with Crippen LogP contribution in [0, 0.1) is 0 Å². The first kappa shape index (κ1) is 15.2. The topological polar surface area (TPSA) is 105 Å². The van der Waals surface area contributed by atoms with Gasteiger partial charge in [0.15, 0.2) is 5.82 Å². The van der Waals surface area contributed by atoms with E-state index in [0.29, 0.717) is 18.1 Å². The Morgan fingerprint density at radius 2 is 2.05 bits per heavy atom.